The highest BCUT2D eigenvalue weighted by molar-refractivity contribution is 6.33. The number of pyridine rings is 1. The largest absolute Gasteiger partial charge is 0.497 e. The Morgan fingerprint density at radius 3 is 2.72 bits per heavy atom. The number of nitrogens with one attached hydrogen (secondary N) is 1. The molecule has 3 aromatic rings. The van der Waals surface area contributed by atoms with Gasteiger partial charge < -0.3 is 14.9 Å². The molecule has 2 aromatic carbocycles. The standard InChI is InChI=1S/C23H22ClN3O2/c1-28-19-7-4-8-20(13-19)29-16-18-15-27(23-10-3-2-9-21(23)24)26-22(18)12-17-6-5-11-25-14-17/h2-11,13-14,26H,12,15-16H2,1H3. The van der Waals surface area contributed by atoms with Crippen molar-refractivity contribution in [1.82, 2.24) is 10.4 Å². The van der Waals surface area contributed by atoms with Crippen molar-refractivity contribution in [3.63, 3.8) is 0 Å². The van der Waals surface area contributed by atoms with Gasteiger partial charge in [-0.1, -0.05) is 35.9 Å². The van der Waals surface area contributed by atoms with E-state index in [-0.39, 0.29) is 0 Å². The summed E-state index contributed by atoms with van der Waals surface area (Å²) in [6, 6.07) is 19.5. The zero-order valence-electron chi connectivity index (χ0n) is 16.1. The third-order valence-electron chi connectivity index (χ3n) is 4.75. The molecule has 4 rings (SSSR count). The molecule has 0 fully saturated rings. The molecule has 1 aromatic heterocycles. The van der Waals surface area contributed by atoms with E-state index in [1.807, 2.05) is 60.8 Å². The monoisotopic (exact) mass is 407 g/mol. The van der Waals surface area contributed by atoms with Gasteiger partial charge in [0.15, 0.2) is 0 Å². The normalized spacial score (nSPS) is 13.4. The lowest BCUT2D eigenvalue weighted by molar-refractivity contribution is 0.345. The number of nitrogens with zero attached hydrogens (tertiary/aromatic N) is 2. The van der Waals surface area contributed by atoms with Gasteiger partial charge in [-0.15, -0.1) is 0 Å². The molecule has 0 saturated heterocycles. The van der Waals surface area contributed by atoms with Crippen LogP contribution in [0.15, 0.2) is 84.3 Å². The minimum atomic E-state index is 0.469. The highest BCUT2D eigenvalue weighted by Gasteiger charge is 2.24. The Morgan fingerprint density at radius 1 is 1.07 bits per heavy atom. The molecule has 0 bridgehead atoms. The van der Waals surface area contributed by atoms with Crippen LogP contribution >= 0.6 is 11.6 Å². The van der Waals surface area contributed by atoms with Crippen LogP contribution in [-0.2, 0) is 6.42 Å². The highest BCUT2D eigenvalue weighted by atomic mass is 35.5. The number of hydrazine groups is 1. The summed E-state index contributed by atoms with van der Waals surface area (Å²) in [5, 5.41) is 2.76. The fourth-order valence-electron chi connectivity index (χ4n) is 3.25. The van der Waals surface area contributed by atoms with Gasteiger partial charge in [0.1, 0.15) is 18.1 Å². The number of halogens is 1. The van der Waals surface area contributed by atoms with E-state index < -0.39 is 0 Å². The smallest absolute Gasteiger partial charge is 0.123 e. The molecule has 0 atom stereocenters. The lowest BCUT2D eigenvalue weighted by Crippen LogP contribution is -2.32. The first-order chi connectivity index (χ1) is 14.2. The van der Waals surface area contributed by atoms with Crippen LogP contribution < -0.4 is 19.9 Å². The summed E-state index contributed by atoms with van der Waals surface area (Å²) in [6.45, 7) is 1.15. The fourth-order valence-corrected chi connectivity index (χ4v) is 3.49. The van der Waals surface area contributed by atoms with Crippen molar-refractivity contribution in [1.29, 1.82) is 0 Å². The summed E-state index contributed by atoms with van der Waals surface area (Å²) in [5.41, 5.74) is 7.84. The van der Waals surface area contributed by atoms with E-state index in [1.54, 1.807) is 13.3 Å². The first kappa shape index (κ1) is 19.2. The second kappa shape index (κ2) is 8.88. The molecule has 0 amide bonds. The van der Waals surface area contributed by atoms with Gasteiger partial charge >= 0.3 is 0 Å². The topological polar surface area (TPSA) is 46.6 Å². The summed E-state index contributed by atoms with van der Waals surface area (Å²) < 4.78 is 11.3. The Kier molecular flexibility index (Phi) is 5.86. The summed E-state index contributed by atoms with van der Waals surface area (Å²) >= 11 is 6.41. The Bertz CT molecular complexity index is 1010. The third-order valence-corrected chi connectivity index (χ3v) is 5.07. The lowest BCUT2D eigenvalue weighted by Gasteiger charge is -2.21. The Labute approximate surface area is 175 Å². The quantitative estimate of drug-likeness (QED) is 0.618. The van der Waals surface area contributed by atoms with Crippen molar-refractivity contribution >= 4 is 17.3 Å². The van der Waals surface area contributed by atoms with Crippen molar-refractivity contribution in [3.8, 4) is 11.5 Å². The minimum Gasteiger partial charge on any atom is -0.497 e. The number of rotatable bonds is 7. The van der Waals surface area contributed by atoms with E-state index in [1.165, 1.54) is 0 Å². The van der Waals surface area contributed by atoms with Crippen molar-refractivity contribution in [3.05, 3.63) is 94.9 Å². The van der Waals surface area contributed by atoms with E-state index in [2.05, 4.69) is 21.5 Å². The van der Waals surface area contributed by atoms with Gasteiger partial charge in [-0.25, -0.2) is 0 Å². The van der Waals surface area contributed by atoms with Crippen molar-refractivity contribution < 1.29 is 9.47 Å². The summed E-state index contributed by atoms with van der Waals surface area (Å²) in [7, 11) is 1.65. The molecule has 1 aliphatic heterocycles. The van der Waals surface area contributed by atoms with Crippen LogP contribution in [0.5, 0.6) is 11.5 Å². The zero-order valence-corrected chi connectivity index (χ0v) is 16.9. The average molecular weight is 408 g/mol. The molecule has 0 aliphatic carbocycles. The maximum atomic E-state index is 6.41. The van der Waals surface area contributed by atoms with Crippen molar-refractivity contribution in [2.24, 2.45) is 0 Å². The van der Waals surface area contributed by atoms with Crippen LogP contribution in [0, 0.1) is 0 Å². The van der Waals surface area contributed by atoms with Gasteiger partial charge in [-0.05, 0) is 35.9 Å². The maximum Gasteiger partial charge on any atom is 0.123 e. The molecule has 29 heavy (non-hydrogen) atoms. The number of allylic oxidation sites excluding steroid dienone is 1. The molecule has 1 N–H and O–H groups in total. The van der Waals surface area contributed by atoms with Crippen LogP contribution in [0.25, 0.3) is 0 Å². The number of aromatic nitrogens is 1. The van der Waals surface area contributed by atoms with E-state index in [9.17, 15) is 0 Å². The van der Waals surface area contributed by atoms with E-state index >= 15 is 0 Å². The molecule has 148 valence electrons. The molecular weight excluding hydrogens is 386 g/mol. The second-order valence-corrected chi connectivity index (χ2v) is 7.14. The molecule has 0 spiro atoms. The second-order valence-electron chi connectivity index (χ2n) is 6.74. The average Bonchev–Trinajstić information content (AvgIpc) is 3.16. The van der Waals surface area contributed by atoms with E-state index in [0.29, 0.717) is 18.2 Å². The molecular formula is C23H22ClN3O2. The fraction of sp³-hybridized carbons (Fsp3) is 0.174. The van der Waals surface area contributed by atoms with Crippen LogP contribution in [-0.4, -0.2) is 25.2 Å². The number of para-hydroxylation sites is 1. The first-order valence-corrected chi connectivity index (χ1v) is 9.76. The Morgan fingerprint density at radius 2 is 1.93 bits per heavy atom. The first-order valence-electron chi connectivity index (χ1n) is 9.38. The predicted molar refractivity (Wildman–Crippen MR) is 115 cm³/mol. The van der Waals surface area contributed by atoms with Gasteiger partial charge in [-0.2, -0.15) is 0 Å². The summed E-state index contributed by atoms with van der Waals surface area (Å²) in [4.78, 5) is 4.23. The number of methoxy groups -OCH3 is 1. The molecule has 1 aliphatic rings. The van der Waals surface area contributed by atoms with Crippen LogP contribution in [0.1, 0.15) is 5.56 Å². The highest BCUT2D eigenvalue weighted by Crippen LogP contribution is 2.29. The molecule has 5 nitrogen and oxygen atoms in total. The lowest BCUT2D eigenvalue weighted by atomic mass is 10.1. The molecule has 0 radical (unpaired) electrons. The van der Waals surface area contributed by atoms with Gasteiger partial charge in [-0.3, -0.25) is 9.99 Å². The number of hydrogen-bond donors (Lipinski definition) is 1. The van der Waals surface area contributed by atoms with Crippen LogP contribution in [0.2, 0.25) is 5.02 Å². The molecule has 2 heterocycles. The van der Waals surface area contributed by atoms with Crippen LogP contribution in [0.4, 0.5) is 5.69 Å². The molecule has 0 saturated carbocycles. The van der Waals surface area contributed by atoms with E-state index in [4.69, 9.17) is 21.1 Å². The Balaban J connectivity index is 1.55. The van der Waals surface area contributed by atoms with Crippen molar-refractivity contribution in [2.75, 3.05) is 25.3 Å². The predicted octanol–water partition coefficient (Wildman–Crippen LogP) is 4.64. The van der Waals surface area contributed by atoms with Crippen LogP contribution in [0.3, 0.4) is 0 Å². The van der Waals surface area contributed by atoms with Crippen molar-refractivity contribution in [2.45, 2.75) is 6.42 Å². The molecule has 0 unspecified atom stereocenters. The van der Waals surface area contributed by atoms with Gasteiger partial charge in [0.2, 0.25) is 0 Å². The number of hydrogen-bond acceptors (Lipinski definition) is 5. The summed E-state index contributed by atoms with van der Waals surface area (Å²) in [5.74, 6) is 1.54. The third kappa shape index (κ3) is 4.63. The molecule has 6 heteroatoms. The minimum absolute atomic E-state index is 0.469. The SMILES string of the molecule is COc1cccc(OCC2=C(Cc3cccnc3)NN(c3ccccc3Cl)C2)c1. The maximum absolute atomic E-state index is 6.41. The van der Waals surface area contributed by atoms with Gasteiger partial charge in [0.25, 0.3) is 0 Å². The number of ether oxygens (including phenoxy) is 2. The summed E-state index contributed by atoms with van der Waals surface area (Å²) in [6.07, 6.45) is 4.40. The number of anilines is 1. The van der Waals surface area contributed by atoms with Gasteiger partial charge in [0, 0.05) is 36.2 Å². The van der Waals surface area contributed by atoms with E-state index in [0.717, 1.165) is 40.4 Å². The number of benzene rings is 2. The van der Waals surface area contributed by atoms with Gasteiger partial charge in [0.05, 0.1) is 24.4 Å². The zero-order chi connectivity index (χ0) is 20.1. The Hall–Kier alpha value is -3.18.